The Bertz CT molecular complexity index is 568. The summed E-state index contributed by atoms with van der Waals surface area (Å²) < 4.78 is 27.1. The molecule has 0 saturated carbocycles. The van der Waals surface area contributed by atoms with Crippen molar-refractivity contribution in [2.45, 2.75) is 44.6 Å². The third-order valence-electron chi connectivity index (χ3n) is 3.05. The van der Waals surface area contributed by atoms with Crippen molar-refractivity contribution < 1.29 is 8.42 Å². The van der Waals surface area contributed by atoms with Gasteiger partial charge in [0.15, 0.2) is 0 Å². The second kappa shape index (κ2) is 6.45. The minimum Gasteiger partial charge on any atom is -0.393 e. The van der Waals surface area contributed by atoms with Crippen molar-refractivity contribution in [3.05, 3.63) is 29.3 Å². The van der Waals surface area contributed by atoms with Crippen LogP contribution < -0.4 is 10.5 Å². The lowest BCUT2D eigenvalue weighted by Gasteiger charge is -2.16. The van der Waals surface area contributed by atoms with Crippen LogP contribution in [-0.2, 0) is 10.0 Å². The predicted octanol–water partition coefficient (Wildman–Crippen LogP) is 2.04. The zero-order valence-electron chi connectivity index (χ0n) is 11.4. The van der Waals surface area contributed by atoms with E-state index in [-0.39, 0.29) is 10.9 Å². The molecule has 1 unspecified atom stereocenters. The molecule has 0 saturated heterocycles. The monoisotopic (exact) mass is 300 g/mol. The molecule has 0 spiro atoms. The Labute approximate surface area is 120 Å². The minimum atomic E-state index is -3.52. The first-order valence-electron chi connectivity index (χ1n) is 6.14. The first-order chi connectivity index (χ1) is 8.76. The van der Waals surface area contributed by atoms with Crippen LogP contribution in [0.1, 0.15) is 30.9 Å². The Morgan fingerprint density at radius 2 is 2.00 bits per heavy atom. The van der Waals surface area contributed by atoms with Crippen LogP contribution in [0.25, 0.3) is 0 Å². The number of nitrogens with one attached hydrogen (secondary N) is 1. The molecule has 3 N–H and O–H groups in total. The molecular weight excluding hydrogens is 280 g/mol. The van der Waals surface area contributed by atoms with E-state index in [1.807, 2.05) is 20.8 Å². The van der Waals surface area contributed by atoms with E-state index in [1.165, 1.54) is 0 Å². The second-order valence-corrected chi connectivity index (χ2v) is 6.88. The number of aryl methyl sites for hydroxylation is 2. The Morgan fingerprint density at radius 3 is 2.47 bits per heavy atom. The quantitative estimate of drug-likeness (QED) is 0.789. The van der Waals surface area contributed by atoms with E-state index in [0.717, 1.165) is 11.1 Å². The van der Waals surface area contributed by atoms with Gasteiger partial charge in [-0.3, -0.25) is 0 Å². The van der Waals surface area contributed by atoms with Crippen molar-refractivity contribution in [1.82, 2.24) is 4.72 Å². The Kier molecular flexibility index (Phi) is 5.46. The van der Waals surface area contributed by atoms with Crippen LogP contribution in [0.2, 0.25) is 0 Å². The largest absolute Gasteiger partial charge is 0.393 e. The molecule has 1 aromatic carbocycles. The molecule has 1 aromatic rings. The Balaban J connectivity index is 2.96. The molecule has 0 aromatic heterocycles. The van der Waals surface area contributed by atoms with Gasteiger partial charge in [-0.2, -0.15) is 0 Å². The minimum absolute atomic E-state index is 0.260. The van der Waals surface area contributed by atoms with Crippen LogP contribution in [0.3, 0.4) is 0 Å². The SMILES string of the molecule is CCC(CC(N)=S)NS(=O)(=O)c1ccc(C)c(C)c1. The lowest BCUT2D eigenvalue weighted by molar-refractivity contribution is 0.546. The molecule has 0 aliphatic heterocycles. The number of hydrogen-bond donors (Lipinski definition) is 2. The molecule has 0 aliphatic carbocycles. The van der Waals surface area contributed by atoms with Gasteiger partial charge in [-0.15, -0.1) is 0 Å². The molecule has 19 heavy (non-hydrogen) atoms. The van der Waals surface area contributed by atoms with Crippen molar-refractivity contribution in [1.29, 1.82) is 0 Å². The van der Waals surface area contributed by atoms with E-state index in [4.69, 9.17) is 18.0 Å². The van der Waals surface area contributed by atoms with Gasteiger partial charge in [0, 0.05) is 12.5 Å². The van der Waals surface area contributed by atoms with Crippen molar-refractivity contribution in [2.75, 3.05) is 0 Å². The van der Waals surface area contributed by atoms with Crippen LogP contribution in [0, 0.1) is 13.8 Å². The Hall–Kier alpha value is -0.980. The number of thiocarbonyl (C=S) groups is 1. The highest BCUT2D eigenvalue weighted by Crippen LogP contribution is 2.15. The third-order valence-corrected chi connectivity index (χ3v) is 4.74. The number of rotatable bonds is 6. The Morgan fingerprint density at radius 1 is 1.37 bits per heavy atom. The average molecular weight is 300 g/mol. The molecular formula is C13H20N2O2S2. The van der Waals surface area contributed by atoms with E-state index >= 15 is 0 Å². The lowest BCUT2D eigenvalue weighted by atomic mass is 10.1. The summed E-state index contributed by atoms with van der Waals surface area (Å²) in [5.74, 6) is 0. The number of sulfonamides is 1. The number of nitrogens with two attached hydrogens (primary N) is 1. The first-order valence-corrected chi connectivity index (χ1v) is 8.03. The van der Waals surface area contributed by atoms with Gasteiger partial charge >= 0.3 is 0 Å². The third kappa shape index (κ3) is 4.56. The van der Waals surface area contributed by atoms with Gasteiger partial charge in [-0.25, -0.2) is 13.1 Å². The maximum absolute atomic E-state index is 12.3. The van der Waals surface area contributed by atoms with Gasteiger partial charge < -0.3 is 5.73 Å². The van der Waals surface area contributed by atoms with Gasteiger partial charge in [-0.1, -0.05) is 25.2 Å². The molecule has 4 nitrogen and oxygen atoms in total. The van der Waals surface area contributed by atoms with E-state index in [0.29, 0.717) is 17.8 Å². The van der Waals surface area contributed by atoms with Crippen molar-refractivity contribution in [3.8, 4) is 0 Å². The molecule has 1 atom stereocenters. The number of hydrogen-bond acceptors (Lipinski definition) is 3. The molecule has 0 fully saturated rings. The summed E-state index contributed by atoms with van der Waals surface area (Å²) in [6.45, 7) is 5.73. The smallest absolute Gasteiger partial charge is 0.240 e. The highest BCUT2D eigenvalue weighted by Gasteiger charge is 2.19. The van der Waals surface area contributed by atoms with E-state index in [2.05, 4.69) is 4.72 Å². The van der Waals surface area contributed by atoms with Crippen molar-refractivity contribution in [3.63, 3.8) is 0 Å². The molecule has 1 rings (SSSR count). The fraction of sp³-hybridized carbons (Fsp3) is 0.462. The van der Waals surface area contributed by atoms with Crippen LogP contribution in [0.4, 0.5) is 0 Å². The summed E-state index contributed by atoms with van der Waals surface area (Å²) in [7, 11) is -3.52. The van der Waals surface area contributed by atoms with Crippen LogP contribution in [0.15, 0.2) is 23.1 Å². The highest BCUT2D eigenvalue weighted by molar-refractivity contribution is 7.89. The van der Waals surface area contributed by atoms with Crippen molar-refractivity contribution >= 4 is 27.2 Å². The van der Waals surface area contributed by atoms with Crippen LogP contribution in [-0.4, -0.2) is 19.4 Å². The second-order valence-electron chi connectivity index (χ2n) is 4.64. The molecule has 0 heterocycles. The predicted molar refractivity (Wildman–Crippen MR) is 81.7 cm³/mol. The fourth-order valence-electron chi connectivity index (χ4n) is 1.68. The molecule has 106 valence electrons. The standard InChI is InChI=1S/C13H20N2O2S2/c1-4-11(8-13(14)18)15-19(16,17)12-6-5-9(2)10(3)7-12/h5-7,11,15H,4,8H2,1-3H3,(H2,14,18). The molecule has 6 heteroatoms. The van der Waals surface area contributed by atoms with E-state index in [9.17, 15) is 8.42 Å². The van der Waals surface area contributed by atoms with Gasteiger partial charge in [0.25, 0.3) is 0 Å². The lowest BCUT2D eigenvalue weighted by Crippen LogP contribution is -2.37. The fourth-order valence-corrected chi connectivity index (χ4v) is 3.29. The molecule has 0 radical (unpaired) electrons. The molecule has 0 aliphatic rings. The van der Waals surface area contributed by atoms with Gasteiger partial charge in [0.05, 0.1) is 9.88 Å². The highest BCUT2D eigenvalue weighted by atomic mass is 32.2. The average Bonchev–Trinajstić information content (AvgIpc) is 2.30. The molecule has 0 bridgehead atoms. The van der Waals surface area contributed by atoms with Crippen LogP contribution in [0.5, 0.6) is 0 Å². The normalized spacial score (nSPS) is 13.2. The number of benzene rings is 1. The van der Waals surface area contributed by atoms with Crippen LogP contribution >= 0.6 is 12.2 Å². The first kappa shape index (κ1) is 16.1. The zero-order valence-corrected chi connectivity index (χ0v) is 13.1. The molecule has 0 amide bonds. The summed E-state index contributed by atoms with van der Waals surface area (Å²) in [6, 6.07) is 4.82. The maximum Gasteiger partial charge on any atom is 0.240 e. The maximum atomic E-state index is 12.3. The van der Waals surface area contributed by atoms with E-state index < -0.39 is 10.0 Å². The summed E-state index contributed by atoms with van der Waals surface area (Å²) in [6.07, 6.45) is 1.01. The summed E-state index contributed by atoms with van der Waals surface area (Å²) in [5, 5.41) is 0. The zero-order chi connectivity index (χ0) is 14.6. The van der Waals surface area contributed by atoms with Gasteiger partial charge in [-0.05, 0) is 43.5 Å². The van der Waals surface area contributed by atoms with E-state index in [1.54, 1.807) is 18.2 Å². The summed E-state index contributed by atoms with van der Waals surface area (Å²) in [4.78, 5) is 0.589. The summed E-state index contributed by atoms with van der Waals surface area (Å²) in [5.41, 5.74) is 7.48. The van der Waals surface area contributed by atoms with Crippen molar-refractivity contribution in [2.24, 2.45) is 5.73 Å². The van der Waals surface area contributed by atoms with Gasteiger partial charge in [0.2, 0.25) is 10.0 Å². The van der Waals surface area contributed by atoms with Gasteiger partial charge in [0.1, 0.15) is 0 Å². The topological polar surface area (TPSA) is 72.2 Å². The summed E-state index contributed by atoms with van der Waals surface area (Å²) >= 11 is 4.82.